The van der Waals surface area contributed by atoms with Gasteiger partial charge in [0.2, 0.25) is 10.0 Å². The third kappa shape index (κ3) is 5.63. The molecule has 1 aromatic rings. The Kier molecular flexibility index (Phi) is 9.51. The molecule has 0 aromatic heterocycles. The molecule has 0 amide bonds. The quantitative estimate of drug-likeness (QED) is 0.815. The van der Waals surface area contributed by atoms with E-state index < -0.39 is 10.0 Å². The number of benzene rings is 1. The van der Waals surface area contributed by atoms with Gasteiger partial charge in [0.25, 0.3) is 0 Å². The normalized spacial score (nSPS) is 11.1. The minimum Gasteiger partial charge on any atom is -0.214 e. The van der Waals surface area contributed by atoms with Crippen molar-refractivity contribution in [2.45, 2.75) is 64.2 Å². The van der Waals surface area contributed by atoms with E-state index in [2.05, 4.69) is 18.6 Å². The van der Waals surface area contributed by atoms with Crippen molar-refractivity contribution in [1.82, 2.24) is 4.72 Å². The van der Waals surface area contributed by atoms with Crippen LogP contribution in [0.4, 0.5) is 0 Å². The van der Waals surface area contributed by atoms with Crippen molar-refractivity contribution in [3.05, 3.63) is 29.8 Å². The van der Waals surface area contributed by atoms with Gasteiger partial charge in [-0.1, -0.05) is 52.7 Å². The average Bonchev–Trinajstić information content (AvgIpc) is 2.49. The molecular weight excluding hydrogens is 270 g/mol. The van der Waals surface area contributed by atoms with Gasteiger partial charge in [0.15, 0.2) is 0 Å². The van der Waals surface area contributed by atoms with Crippen LogP contribution >= 0.6 is 0 Å². The summed E-state index contributed by atoms with van der Waals surface area (Å²) >= 11 is 0. The Bertz CT molecular complexity index is 446. The van der Waals surface area contributed by atoms with Gasteiger partial charge >= 0.3 is 0 Å². The van der Waals surface area contributed by atoms with Gasteiger partial charge in [-0.3, -0.25) is 0 Å². The molecule has 0 saturated carbocycles. The van der Waals surface area contributed by atoms with E-state index in [-0.39, 0.29) is 0 Å². The Hall–Kier alpha value is -0.870. The molecular formula is C16H29NO2S. The highest BCUT2D eigenvalue weighted by Gasteiger charge is 2.13. The van der Waals surface area contributed by atoms with E-state index in [0.717, 1.165) is 25.7 Å². The van der Waals surface area contributed by atoms with Crippen LogP contribution in [0.25, 0.3) is 0 Å². The molecule has 0 atom stereocenters. The van der Waals surface area contributed by atoms with Crippen LogP contribution in [-0.4, -0.2) is 15.5 Å². The Balaban J connectivity index is 0.00000172. The molecule has 20 heavy (non-hydrogen) atoms. The highest BCUT2D eigenvalue weighted by molar-refractivity contribution is 7.89. The lowest BCUT2D eigenvalue weighted by atomic mass is 9.90. The van der Waals surface area contributed by atoms with Gasteiger partial charge in [-0.2, -0.15) is 0 Å². The minimum atomic E-state index is -3.32. The van der Waals surface area contributed by atoms with Crippen LogP contribution in [0.3, 0.4) is 0 Å². The molecule has 1 N–H and O–H groups in total. The van der Waals surface area contributed by atoms with Crippen LogP contribution in [0.15, 0.2) is 29.2 Å². The summed E-state index contributed by atoms with van der Waals surface area (Å²) in [7, 11) is -1.88. The van der Waals surface area contributed by atoms with E-state index >= 15 is 0 Å². The van der Waals surface area contributed by atoms with E-state index in [9.17, 15) is 8.42 Å². The summed E-state index contributed by atoms with van der Waals surface area (Å²) < 4.78 is 25.6. The van der Waals surface area contributed by atoms with Gasteiger partial charge in [-0.25, -0.2) is 13.1 Å². The van der Waals surface area contributed by atoms with Crippen molar-refractivity contribution in [2.75, 3.05) is 7.05 Å². The van der Waals surface area contributed by atoms with Crippen LogP contribution in [0.5, 0.6) is 0 Å². The van der Waals surface area contributed by atoms with E-state index in [4.69, 9.17) is 0 Å². The second-order valence-electron chi connectivity index (χ2n) is 4.55. The van der Waals surface area contributed by atoms with E-state index in [0.29, 0.717) is 10.8 Å². The Morgan fingerprint density at radius 1 is 1.00 bits per heavy atom. The maximum absolute atomic E-state index is 11.6. The minimum absolute atomic E-state index is 0.334. The zero-order valence-corrected chi connectivity index (χ0v) is 14.3. The van der Waals surface area contributed by atoms with E-state index in [1.165, 1.54) is 12.6 Å². The third-order valence-electron chi connectivity index (χ3n) is 3.20. The molecule has 3 nitrogen and oxygen atoms in total. The summed E-state index contributed by atoms with van der Waals surface area (Å²) in [5.74, 6) is 0.548. The van der Waals surface area contributed by atoms with Crippen LogP contribution in [0.2, 0.25) is 0 Å². The Morgan fingerprint density at radius 3 is 1.80 bits per heavy atom. The highest BCUT2D eigenvalue weighted by Crippen LogP contribution is 2.27. The molecule has 0 aliphatic rings. The topological polar surface area (TPSA) is 46.2 Å². The lowest BCUT2D eigenvalue weighted by Crippen LogP contribution is -2.18. The predicted molar refractivity (Wildman–Crippen MR) is 86.6 cm³/mol. The summed E-state index contributed by atoms with van der Waals surface area (Å²) in [6.07, 6.45) is 4.63. The van der Waals surface area contributed by atoms with E-state index in [1.807, 2.05) is 26.0 Å². The predicted octanol–water partition coefficient (Wildman–Crippen LogP) is 4.30. The van der Waals surface area contributed by atoms with Gasteiger partial charge in [0.05, 0.1) is 4.90 Å². The van der Waals surface area contributed by atoms with Gasteiger partial charge in [0.1, 0.15) is 0 Å². The molecule has 0 unspecified atom stereocenters. The lowest BCUT2D eigenvalue weighted by molar-refractivity contribution is 0.560. The highest BCUT2D eigenvalue weighted by atomic mass is 32.2. The van der Waals surface area contributed by atoms with Crippen molar-refractivity contribution in [2.24, 2.45) is 0 Å². The number of nitrogens with one attached hydrogen (secondary N) is 1. The Labute approximate surface area is 124 Å². The number of rotatable bonds is 7. The first-order chi connectivity index (χ1) is 9.55. The van der Waals surface area contributed by atoms with Crippen LogP contribution in [-0.2, 0) is 10.0 Å². The lowest BCUT2D eigenvalue weighted by Gasteiger charge is -2.16. The zero-order chi connectivity index (χ0) is 15.6. The molecule has 0 heterocycles. The van der Waals surface area contributed by atoms with Gasteiger partial charge < -0.3 is 0 Å². The van der Waals surface area contributed by atoms with Crippen molar-refractivity contribution < 1.29 is 8.42 Å². The zero-order valence-electron chi connectivity index (χ0n) is 13.4. The third-order valence-corrected chi connectivity index (χ3v) is 4.64. The summed E-state index contributed by atoms with van der Waals surface area (Å²) in [6, 6.07) is 7.28. The molecule has 0 fully saturated rings. The largest absolute Gasteiger partial charge is 0.240 e. The van der Waals surface area contributed by atoms with Crippen LogP contribution in [0, 0.1) is 0 Å². The maximum atomic E-state index is 11.6. The van der Waals surface area contributed by atoms with Gasteiger partial charge in [0, 0.05) is 0 Å². The smallest absolute Gasteiger partial charge is 0.214 e. The molecule has 0 radical (unpaired) electrons. The molecule has 4 heteroatoms. The molecule has 116 valence electrons. The fourth-order valence-electron chi connectivity index (χ4n) is 2.21. The van der Waals surface area contributed by atoms with Crippen molar-refractivity contribution >= 4 is 10.0 Å². The fraction of sp³-hybridized carbons (Fsp3) is 0.625. The SMILES string of the molecule is CC.CCCC(CCC)c1ccc(S(=O)(=O)NC)cc1. The van der Waals surface area contributed by atoms with Gasteiger partial charge in [-0.05, 0) is 43.5 Å². The molecule has 0 spiro atoms. The van der Waals surface area contributed by atoms with E-state index in [1.54, 1.807) is 12.1 Å². The molecule has 1 rings (SSSR count). The van der Waals surface area contributed by atoms with Crippen molar-refractivity contribution in [3.63, 3.8) is 0 Å². The summed E-state index contributed by atoms with van der Waals surface area (Å²) in [5, 5.41) is 0. The Morgan fingerprint density at radius 2 is 1.45 bits per heavy atom. The maximum Gasteiger partial charge on any atom is 0.240 e. The molecule has 0 aliphatic heterocycles. The molecule has 0 bridgehead atoms. The average molecular weight is 299 g/mol. The second kappa shape index (κ2) is 9.94. The van der Waals surface area contributed by atoms with Crippen LogP contribution in [0.1, 0.15) is 64.9 Å². The molecule has 0 aliphatic carbocycles. The van der Waals surface area contributed by atoms with Gasteiger partial charge in [-0.15, -0.1) is 0 Å². The summed E-state index contributed by atoms with van der Waals surface area (Å²) in [6.45, 7) is 8.37. The second-order valence-corrected chi connectivity index (χ2v) is 6.44. The number of hydrogen-bond acceptors (Lipinski definition) is 2. The standard InChI is InChI=1S/C14H23NO2S.C2H6/c1-4-6-12(7-5-2)13-8-10-14(11-9-13)18(16,17)15-3;1-2/h8-12,15H,4-7H2,1-3H3;1-2H3. The molecule has 1 aromatic carbocycles. The monoisotopic (exact) mass is 299 g/mol. The van der Waals surface area contributed by atoms with Crippen molar-refractivity contribution in [3.8, 4) is 0 Å². The first kappa shape index (κ1) is 19.1. The van der Waals surface area contributed by atoms with Crippen molar-refractivity contribution in [1.29, 1.82) is 0 Å². The summed E-state index contributed by atoms with van der Waals surface area (Å²) in [5.41, 5.74) is 1.24. The molecule has 0 saturated heterocycles. The first-order valence-electron chi connectivity index (χ1n) is 7.58. The number of hydrogen-bond donors (Lipinski definition) is 1. The fourth-order valence-corrected chi connectivity index (χ4v) is 2.94. The summed E-state index contributed by atoms with van der Waals surface area (Å²) in [4.78, 5) is 0.334. The number of sulfonamides is 1. The van der Waals surface area contributed by atoms with Crippen LogP contribution < -0.4 is 4.72 Å². The first-order valence-corrected chi connectivity index (χ1v) is 9.07.